The normalized spacial score (nSPS) is 12.6. The van der Waals surface area contributed by atoms with Gasteiger partial charge in [0.15, 0.2) is 0 Å². The summed E-state index contributed by atoms with van der Waals surface area (Å²) in [6, 6.07) is 11.0. The number of halogens is 3. The van der Waals surface area contributed by atoms with Crippen LogP contribution in [0.4, 0.5) is 13.2 Å². The Morgan fingerprint density at radius 3 is 2.50 bits per heavy atom. The van der Waals surface area contributed by atoms with Gasteiger partial charge in [0, 0.05) is 5.56 Å². The molecule has 1 aromatic heterocycles. The van der Waals surface area contributed by atoms with Crippen LogP contribution in [0.3, 0.4) is 0 Å². The fraction of sp³-hybridized carbons (Fsp3) is 0.167. The number of carbonyl (C=O) groups excluding carboxylic acids is 1. The van der Waals surface area contributed by atoms with Crippen LogP contribution in [0.2, 0.25) is 0 Å². The predicted molar refractivity (Wildman–Crippen MR) is 88.7 cm³/mol. The quantitative estimate of drug-likeness (QED) is 0.770. The SMILES string of the molecule is CC(NC(=O)c1ccc(-n2cncn2)cc1)c1cccc(C(F)(F)F)c1. The molecule has 1 amide bonds. The van der Waals surface area contributed by atoms with E-state index in [-0.39, 0.29) is 5.91 Å². The molecule has 0 saturated heterocycles. The van der Waals surface area contributed by atoms with Crippen LogP contribution in [0.1, 0.15) is 34.5 Å². The third kappa shape index (κ3) is 3.90. The van der Waals surface area contributed by atoms with Crippen molar-refractivity contribution in [3.8, 4) is 5.69 Å². The number of hydrogen-bond acceptors (Lipinski definition) is 3. The summed E-state index contributed by atoms with van der Waals surface area (Å²) < 4.78 is 40.0. The molecule has 0 bridgehead atoms. The van der Waals surface area contributed by atoms with E-state index in [0.29, 0.717) is 11.1 Å². The summed E-state index contributed by atoms with van der Waals surface area (Å²) in [5.41, 5.74) is 0.776. The topological polar surface area (TPSA) is 59.8 Å². The number of rotatable bonds is 4. The van der Waals surface area contributed by atoms with Crippen LogP contribution in [0.5, 0.6) is 0 Å². The minimum Gasteiger partial charge on any atom is -0.346 e. The van der Waals surface area contributed by atoms with Crippen LogP contribution in [-0.4, -0.2) is 20.7 Å². The van der Waals surface area contributed by atoms with Crippen LogP contribution in [0, 0.1) is 0 Å². The zero-order valence-corrected chi connectivity index (χ0v) is 13.7. The van der Waals surface area contributed by atoms with Gasteiger partial charge in [-0.15, -0.1) is 0 Å². The van der Waals surface area contributed by atoms with Crippen molar-refractivity contribution in [3.63, 3.8) is 0 Å². The number of nitrogens with zero attached hydrogens (tertiary/aromatic N) is 3. The highest BCUT2D eigenvalue weighted by molar-refractivity contribution is 5.94. The molecule has 0 aliphatic rings. The zero-order chi connectivity index (χ0) is 18.7. The van der Waals surface area contributed by atoms with Gasteiger partial charge < -0.3 is 5.32 Å². The molecular formula is C18H15F3N4O. The van der Waals surface area contributed by atoms with Crippen molar-refractivity contribution in [2.45, 2.75) is 19.1 Å². The van der Waals surface area contributed by atoms with Gasteiger partial charge in [0.25, 0.3) is 5.91 Å². The molecule has 2 aromatic carbocycles. The van der Waals surface area contributed by atoms with Gasteiger partial charge in [0.1, 0.15) is 12.7 Å². The zero-order valence-electron chi connectivity index (χ0n) is 13.7. The van der Waals surface area contributed by atoms with Crippen molar-refractivity contribution in [3.05, 3.63) is 77.9 Å². The standard InChI is InChI=1S/C18H15F3N4O/c1-12(14-3-2-4-15(9-14)18(19,20)21)24-17(26)13-5-7-16(8-6-13)25-11-22-10-23-25/h2-12H,1H3,(H,24,26). The van der Waals surface area contributed by atoms with Gasteiger partial charge in [-0.25, -0.2) is 9.67 Å². The first kappa shape index (κ1) is 17.7. The first-order chi connectivity index (χ1) is 12.3. The van der Waals surface area contributed by atoms with E-state index in [2.05, 4.69) is 15.4 Å². The number of amides is 1. The van der Waals surface area contributed by atoms with E-state index >= 15 is 0 Å². The van der Waals surface area contributed by atoms with Crippen LogP contribution in [-0.2, 0) is 6.18 Å². The second kappa shape index (κ2) is 6.99. The predicted octanol–water partition coefficient (Wildman–Crippen LogP) is 3.78. The third-order valence-electron chi connectivity index (χ3n) is 3.87. The first-order valence-electron chi connectivity index (χ1n) is 7.77. The number of alkyl halides is 3. The smallest absolute Gasteiger partial charge is 0.346 e. The van der Waals surface area contributed by atoms with Crippen LogP contribution < -0.4 is 5.32 Å². The summed E-state index contributed by atoms with van der Waals surface area (Å²) in [4.78, 5) is 16.2. The monoisotopic (exact) mass is 360 g/mol. The summed E-state index contributed by atoms with van der Waals surface area (Å²) in [5.74, 6) is -0.375. The Bertz CT molecular complexity index is 890. The van der Waals surface area contributed by atoms with E-state index in [0.717, 1.165) is 17.8 Å². The van der Waals surface area contributed by atoms with E-state index in [4.69, 9.17) is 0 Å². The molecule has 5 nitrogen and oxygen atoms in total. The lowest BCUT2D eigenvalue weighted by atomic mass is 10.0. The average molecular weight is 360 g/mol. The van der Waals surface area contributed by atoms with Gasteiger partial charge in [-0.3, -0.25) is 4.79 Å². The Balaban J connectivity index is 1.71. The molecule has 0 aliphatic heterocycles. The van der Waals surface area contributed by atoms with Crippen molar-refractivity contribution in [2.75, 3.05) is 0 Å². The fourth-order valence-electron chi connectivity index (χ4n) is 2.45. The van der Waals surface area contributed by atoms with E-state index in [1.165, 1.54) is 18.7 Å². The molecule has 3 aromatic rings. The van der Waals surface area contributed by atoms with Gasteiger partial charge in [-0.2, -0.15) is 18.3 Å². The molecule has 1 heterocycles. The Labute approximate surface area is 147 Å². The minimum absolute atomic E-state index is 0.375. The largest absolute Gasteiger partial charge is 0.416 e. The second-order valence-electron chi connectivity index (χ2n) is 5.71. The highest BCUT2D eigenvalue weighted by Gasteiger charge is 2.30. The van der Waals surface area contributed by atoms with E-state index < -0.39 is 17.8 Å². The molecule has 0 fully saturated rings. The minimum atomic E-state index is -4.42. The highest BCUT2D eigenvalue weighted by Crippen LogP contribution is 2.30. The van der Waals surface area contributed by atoms with Gasteiger partial charge in [-0.05, 0) is 48.9 Å². The third-order valence-corrected chi connectivity index (χ3v) is 3.87. The molecule has 0 radical (unpaired) electrons. The summed E-state index contributed by atoms with van der Waals surface area (Å²) in [6.07, 6.45) is -1.49. The molecule has 0 spiro atoms. The lowest BCUT2D eigenvalue weighted by Gasteiger charge is -2.16. The second-order valence-corrected chi connectivity index (χ2v) is 5.71. The summed E-state index contributed by atoms with van der Waals surface area (Å²) >= 11 is 0. The Hall–Kier alpha value is -3.16. The van der Waals surface area contributed by atoms with E-state index in [1.807, 2.05) is 0 Å². The van der Waals surface area contributed by atoms with Crippen LogP contribution >= 0.6 is 0 Å². The first-order valence-corrected chi connectivity index (χ1v) is 7.77. The fourth-order valence-corrected chi connectivity index (χ4v) is 2.45. The van der Waals surface area contributed by atoms with Crippen LogP contribution in [0.15, 0.2) is 61.2 Å². The maximum Gasteiger partial charge on any atom is 0.416 e. The van der Waals surface area contributed by atoms with Gasteiger partial charge in [0.05, 0.1) is 17.3 Å². The molecule has 1 N–H and O–H groups in total. The highest BCUT2D eigenvalue weighted by atomic mass is 19.4. The number of aromatic nitrogens is 3. The van der Waals surface area contributed by atoms with Crippen molar-refractivity contribution < 1.29 is 18.0 Å². The molecule has 8 heteroatoms. The van der Waals surface area contributed by atoms with Crippen molar-refractivity contribution >= 4 is 5.91 Å². The summed E-state index contributed by atoms with van der Waals surface area (Å²) in [7, 11) is 0. The van der Waals surface area contributed by atoms with Crippen molar-refractivity contribution in [1.29, 1.82) is 0 Å². The number of carbonyl (C=O) groups is 1. The van der Waals surface area contributed by atoms with Gasteiger partial charge >= 0.3 is 6.18 Å². The maximum absolute atomic E-state index is 12.8. The van der Waals surface area contributed by atoms with E-state index in [1.54, 1.807) is 41.9 Å². The Morgan fingerprint density at radius 2 is 1.88 bits per heavy atom. The number of benzene rings is 2. The molecule has 1 unspecified atom stereocenters. The van der Waals surface area contributed by atoms with Crippen molar-refractivity contribution in [1.82, 2.24) is 20.1 Å². The van der Waals surface area contributed by atoms with Gasteiger partial charge in [-0.1, -0.05) is 12.1 Å². The maximum atomic E-state index is 12.8. The Morgan fingerprint density at radius 1 is 1.15 bits per heavy atom. The lowest BCUT2D eigenvalue weighted by molar-refractivity contribution is -0.137. The number of nitrogens with one attached hydrogen (secondary N) is 1. The number of hydrogen-bond donors (Lipinski definition) is 1. The molecule has 0 saturated carbocycles. The van der Waals surface area contributed by atoms with Crippen molar-refractivity contribution in [2.24, 2.45) is 0 Å². The molecule has 0 aliphatic carbocycles. The molecule has 3 rings (SSSR count). The van der Waals surface area contributed by atoms with Crippen LogP contribution in [0.25, 0.3) is 5.69 Å². The summed E-state index contributed by atoms with van der Waals surface area (Å²) in [6.45, 7) is 1.64. The van der Waals surface area contributed by atoms with Gasteiger partial charge in [0.2, 0.25) is 0 Å². The van der Waals surface area contributed by atoms with E-state index in [9.17, 15) is 18.0 Å². The molecule has 26 heavy (non-hydrogen) atoms. The molecular weight excluding hydrogens is 345 g/mol. The average Bonchev–Trinajstić information content (AvgIpc) is 3.16. The molecule has 1 atom stereocenters. The molecule has 134 valence electrons. The Kier molecular flexibility index (Phi) is 4.75. The summed E-state index contributed by atoms with van der Waals surface area (Å²) in [5, 5.41) is 6.69. The lowest BCUT2D eigenvalue weighted by Crippen LogP contribution is -2.26.